The van der Waals surface area contributed by atoms with E-state index in [1.165, 1.54) is 24.3 Å². The van der Waals surface area contributed by atoms with Crippen LogP contribution in [-0.4, -0.2) is 41.4 Å². The lowest BCUT2D eigenvalue weighted by molar-refractivity contribution is 0.101. The summed E-state index contributed by atoms with van der Waals surface area (Å²) < 4.78 is 45.2. The molecule has 1 aliphatic heterocycles. The number of hydrogen-bond acceptors (Lipinski definition) is 6. The van der Waals surface area contributed by atoms with Crippen molar-refractivity contribution in [3.8, 4) is 0 Å². The molecule has 1 aliphatic carbocycles. The summed E-state index contributed by atoms with van der Waals surface area (Å²) in [4.78, 5) is 26.9. The molecule has 37 heavy (non-hydrogen) atoms. The van der Waals surface area contributed by atoms with Crippen molar-refractivity contribution in [1.82, 2.24) is 9.78 Å². The van der Waals surface area contributed by atoms with Gasteiger partial charge in [-0.3, -0.25) is 14.3 Å². The number of para-hydroxylation sites is 1. The number of halogens is 1. The standard InChI is InChI=1S/C27H24FN3O5S/c28-17-11-9-16(10-12-17)25(32)26-23(20-6-2-4-8-22(20)36-26)29-27(33)24-19-5-1-3-7-21(19)31(30-24)18-13-14-37(34,35)15-18/h2,4,6,8-12,18H,1,3,5,7,13-15H2,(H,29,33)/t18-/m0/s1. The molecule has 10 heteroatoms. The number of fused-ring (bicyclic) bond motifs is 2. The number of aromatic nitrogens is 2. The van der Waals surface area contributed by atoms with Crippen molar-refractivity contribution < 1.29 is 26.8 Å². The Kier molecular flexibility index (Phi) is 5.71. The predicted octanol–water partition coefficient (Wildman–Crippen LogP) is 4.49. The Balaban J connectivity index is 1.39. The summed E-state index contributed by atoms with van der Waals surface area (Å²) in [5.41, 5.74) is 2.85. The second kappa shape index (κ2) is 8.95. The fraction of sp³-hybridized carbons (Fsp3) is 0.296. The molecule has 1 N–H and O–H groups in total. The maximum absolute atomic E-state index is 13.6. The van der Waals surface area contributed by atoms with Crippen LogP contribution in [0.2, 0.25) is 0 Å². The Labute approximate surface area is 212 Å². The fourth-order valence-electron chi connectivity index (χ4n) is 5.31. The second-order valence-corrected chi connectivity index (χ2v) is 11.8. The Bertz CT molecular complexity index is 1650. The molecule has 2 aromatic heterocycles. The van der Waals surface area contributed by atoms with Crippen LogP contribution in [0.1, 0.15) is 63.2 Å². The molecule has 1 fully saturated rings. The predicted molar refractivity (Wildman–Crippen MR) is 135 cm³/mol. The fourth-order valence-corrected chi connectivity index (χ4v) is 7.01. The van der Waals surface area contributed by atoms with Gasteiger partial charge in [0.1, 0.15) is 11.4 Å². The number of anilines is 1. The molecule has 190 valence electrons. The molecule has 2 aliphatic rings. The number of benzene rings is 2. The molecule has 1 atom stereocenters. The first-order chi connectivity index (χ1) is 17.8. The van der Waals surface area contributed by atoms with E-state index in [1.54, 1.807) is 28.9 Å². The largest absolute Gasteiger partial charge is 0.450 e. The summed E-state index contributed by atoms with van der Waals surface area (Å²) in [6.07, 6.45) is 3.73. The normalized spacial score (nSPS) is 18.6. The van der Waals surface area contributed by atoms with Crippen LogP contribution in [0.3, 0.4) is 0 Å². The molecule has 0 bridgehead atoms. The third-order valence-electron chi connectivity index (χ3n) is 7.12. The van der Waals surface area contributed by atoms with Gasteiger partial charge >= 0.3 is 0 Å². The molecule has 0 saturated carbocycles. The molecule has 1 saturated heterocycles. The highest BCUT2D eigenvalue weighted by atomic mass is 32.2. The highest BCUT2D eigenvalue weighted by molar-refractivity contribution is 7.91. The number of amides is 1. The van der Waals surface area contributed by atoms with Crippen molar-refractivity contribution in [3.63, 3.8) is 0 Å². The van der Waals surface area contributed by atoms with E-state index in [0.717, 1.165) is 30.5 Å². The smallest absolute Gasteiger partial charge is 0.276 e. The zero-order valence-corrected chi connectivity index (χ0v) is 20.7. The van der Waals surface area contributed by atoms with E-state index in [0.29, 0.717) is 23.8 Å². The number of hydrogen-bond donors (Lipinski definition) is 1. The van der Waals surface area contributed by atoms with Crippen LogP contribution >= 0.6 is 0 Å². The van der Waals surface area contributed by atoms with E-state index < -0.39 is 27.3 Å². The van der Waals surface area contributed by atoms with Crippen LogP contribution in [0.4, 0.5) is 10.1 Å². The van der Waals surface area contributed by atoms with E-state index in [2.05, 4.69) is 10.4 Å². The molecular weight excluding hydrogens is 497 g/mol. The molecule has 6 rings (SSSR count). The van der Waals surface area contributed by atoms with Gasteiger partial charge in [-0.15, -0.1) is 0 Å². The number of rotatable bonds is 5. The van der Waals surface area contributed by atoms with E-state index in [-0.39, 0.29) is 40.3 Å². The highest BCUT2D eigenvalue weighted by Crippen LogP contribution is 2.35. The van der Waals surface area contributed by atoms with Crippen molar-refractivity contribution in [2.45, 2.75) is 38.1 Å². The number of ketones is 1. The first-order valence-corrected chi connectivity index (χ1v) is 14.1. The monoisotopic (exact) mass is 521 g/mol. The number of carbonyl (C=O) groups is 2. The molecule has 8 nitrogen and oxygen atoms in total. The van der Waals surface area contributed by atoms with Gasteiger partial charge in [-0.05, 0) is 68.5 Å². The number of nitrogens with one attached hydrogen (secondary N) is 1. The first kappa shape index (κ1) is 23.6. The number of sulfone groups is 1. The molecule has 0 unspecified atom stereocenters. The van der Waals surface area contributed by atoms with Crippen molar-refractivity contribution in [2.75, 3.05) is 16.8 Å². The van der Waals surface area contributed by atoms with Gasteiger partial charge in [0.05, 0.1) is 23.2 Å². The van der Waals surface area contributed by atoms with Crippen LogP contribution < -0.4 is 5.32 Å². The van der Waals surface area contributed by atoms with Gasteiger partial charge in [0, 0.05) is 22.2 Å². The third-order valence-corrected chi connectivity index (χ3v) is 8.88. The van der Waals surface area contributed by atoms with E-state index in [9.17, 15) is 22.4 Å². The van der Waals surface area contributed by atoms with Crippen LogP contribution in [0.25, 0.3) is 11.0 Å². The average molecular weight is 522 g/mol. The average Bonchev–Trinajstić information content (AvgIpc) is 3.57. The lowest BCUT2D eigenvalue weighted by atomic mass is 9.95. The first-order valence-electron chi connectivity index (χ1n) is 12.2. The maximum atomic E-state index is 13.6. The van der Waals surface area contributed by atoms with Crippen LogP contribution in [0.5, 0.6) is 0 Å². The van der Waals surface area contributed by atoms with Crippen LogP contribution in [0.15, 0.2) is 52.9 Å². The van der Waals surface area contributed by atoms with Gasteiger partial charge < -0.3 is 9.73 Å². The van der Waals surface area contributed by atoms with Crippen molar-refractivity contribution in [3.05, 3.63) is 82.6 Å². The lowest BCUT2D eigenvalue weighted by Gasteiger charge is -2.17. The van der Waals surface area contributed by atoms with Gasteiger partial charge in [0.15, 0.2) is 21.3 Å². The summed E-state index contributed by atoms with van der Waals surface area (Å²) in [7, 11) is -3.13. The highest BCUT2D eigenvalue weighted by Gasteiger charge is 2.35. The molecule has 2 aromatic carbocycles. The second-order valence-electron chi connectivity index (χ2n) is 9.57. The Hall–Kier alpha value is -3.79. The van der Waals surface area contributed by atoms with Gasteiger partial charge in [0.2, 0.25) is 5.78 Å². The van der Waals surface area contributed by atoms with Crippen LogP contribution in [-0.2, 0) is 22.7 Å². The SMILES string of the molecule is O=C(Nc1c(C(=O)c2ccc(F)cc2)oc2ccccc12)c1nn([C@H]2CCS(=O)(=O)C2)c2c1CCCC2. The minimum absolute atomic E-state index is 0.0187. The molecule has 0 spiro atoms. The third kappa shape index (κ3) is 4.25. The number of carbonyl (C=O) groups excluding carboxylic acids is 2. The molecule has 1 amide bonds. The number of furan rings is 1. The number of nitrogens with zero attached hydrogens (tertiary/aromatic N) is 2. The topological polar surface area (TPSA) is 111 Å². The summed E-state index contributed by atoms with van der Waals surface area (Å²) in [6.45, 7) is 0. The van der Waals surface area contributed by atoms with Crippen molar-refractivity contribution >= 4 is 38.2 Å². The summed E-state index contributed by atoms with van der Waals surface area (Å²) in [6, 6.07) is 11.8. The summed E-state index contributed by atoms with van der Waals surface area (Å²) in [5.74, 6) is -1.37. The molecule has 3 heterocycles. The van der Waals surface area contributed by atoms with E-state index >= 15 is 0 Å². The van der Waals surface area contributed by atoms with Gasteiger partial charge in [-0.1, -0.05) is 12.1 Å². The Morgan fingerprint density at radius 3 is 2.57 bits per heavy atom. The molecule has 4 aromatic rings. The van der Waals surface area contributed by atoms with Crippen molar-refractivity contribution in [1.29, 1.82) is 0 Å². The molecular formula is C27H24FN3O5S. The summed E-state index contributed by atoms with van der Waals surface area (Å²) in [5, 5.41) is 8.04. The zero-order valence-electron chi connectivity index (χ0n) is 19.9. The quantitative estimate of drug-likeness (QED) is 0.388. The minimum atomic E-state index is -3.13. The zero-order chi connectivity index (χ0) is 25.7. The lowest BCUT2D eigenvalue weighted by Crippen LogP contribution is -2.18. The maximum Gasteiger partial charge on any atom is 0.276 e. The Morgan fingerprint density at radius 1 is 1.05 bits per heavy atom. The van der Waals surface area contributed by atoms with Gasteiger partial charge in [0.25, 0.3) is 5.91 Å². The van der Waals surface area contributed by atoms with Gasteiger partial charge in [-0.25, -0.2) is 12.8 Å². The van der Waals surface area contributed by atoms with E-state index in [4.69, 9.17) is 4.42 Å². The summed E-state index contributed by atoms with van der Waals surface area (Å²) >= 11 is 0. The minimum Gasteiger partial charge on any atom is -0.450 e. The van der Waals surface area contributed by atoms with E-state index in [1.807, 2.05) is 0 Å². The Morgan fingerprint density at radius 2 is 1.81 bits per heavy atom. The van der Waals surface area contributed by atoms with Gasteiger partial charge in [-0.2, -0.15) is 5.10 Å². The molecule has 0 radical (unpaired) electrons. The van der Waals surface area contributed by atoms with Crippen molar-refractivity contribution in [2.24, 2.45) is 0 Å². The van der Waals surface area contributed by atoms with Crippen LogP contribution in [0, 0.1) is 5.82 Å².